The van der Waals surface area contributed by atoms with Crippen molar-refractivity contribution in [2.45, 2.75) is 58.3 Å². The molecule has 0 unspecified atom stereocenters. The van der Waals surface area contributed by atoms with E-state index >= 15 is 0 Å². The molecule has 0 saturated carbocycles. The summed E-state index contributed by atoms with van der Waals surface area (Å²) in [4.78, 5) is 0. The SMILES string of the molecule is CCCCCCCCc1cc(Br)cc2c1CC=C2. The molecule has 0 fully saturated rings. The maximum Gasteiger partial charge on any atom is 0.0184 e. The zero-order valence-corrected chi connectivity index (χ0v) is 12.9. The third-order valence-corrected chi connectivity index (χ3v) is 4.22. The van der Waals surface area contributed by atoms with E-state index in [1.165, 1.54) is 55.0 Å². The quantitative estimate of drug-likeness (QED) is 0.548. The Hall–Kier alpha value is -0.560. The third kappa shape index (κ3) is 3.71. The summed E-state index contributed by atoms with van der Waals surface area (Å²) in [6.45, 7) is 2.28. The van der Waals surface area contributed by atoms with Gasteiger partial charge in [-0.3, -0.25) is 0 Å². The highest BCUT2D eigenvalue weighted by atomic mass is 79.9. The highest BCUT2D eigenvalue weighted by molar-refractivity contribution is 9.10. The molecule has 1 aliphatic carbocycles. The molecule has 1 aromatic carbocycles. The van der Waals surface area contributed by atoms with Crippen molar-refractivity contribution in [3.63, 3.8) is 0 Å². The van der Waals surface area contributed by atoms with Crippen LogP contribution in [-0.4, -0.2) is 0 Å². The van der Waals surface area contributed by atoms with Crippen LogP contribution in [-0.2, 0) is 12.8 Å². The fourth-order valence-corrected chi connectivity index (χ4v) is 3.26. The lowest BCUT2D eigenvalue weighted by Crippen LogP contribution is -1.95. The first-order valence-electron chi connectivity index (χ1n) is 7.29. The molecule has 0 heterocycles. The summed E-state index contributed by atoms with van der Waals surface area (Å²) >= 11 is 3.63. The first-order valence-corrected chi connectivity index (χ1v) is 8.08. The van der Waals surface area contributed by atoms with Gasteiger partial charge >= 0.3 is 0 Å². The molecule has 0 atom stereocenters. The van der Waals surface area contributed by atoms with Gasteiger partial charge in [0.25, 0.3) is 0 Å². The van der Waals surface area contributed by atoms with Crippen LogP contribution in [0.2, 0.25) is 0 Å². The second-order valence-electron chi connectivity index (χ2n) is 5.26. The van der Waals surface area contributed by atoms with Gasteiger partial charge in [0.2, 0.25) is 0 Å². The Labute approximate surface area is 120 Å². The molecule has 2 rings (SSSR count). The lowest BCUT2D eigenvalue weighted by atomic mass is 9.97. The Bertz CT molecular complexity index is 418. The number of fused-ring (bicyclic) bond motifs is 1. The molecule has 0 nitrogen and oxygen atoms in total. The fourth-order valence-electron chi connectivity index (χ4n) is 2.74. The molecule has 0 amide bonds. The maximum atomic E-state index is 3.63. The lowest BCUT2D eigenvalue weighted by Gasteiger charge is -2.09. The van der Waals surface area contributed by atoms with E-state index < -0.39 is 0 Å². The minimum Gasteiger partial charge on any atom is -0.0795 e. The Balaban J connectivity index is 1.83. The van der Waals surface area contributed by atoms with Gasteiger partial charge in [-0.2, -0.15) is 0 Å². The Morgan fingerprint density at radius 2 is 1.83 bits per heavy atom. The number of benzene rings is 1. The average molecular weight is 307 g/mol. The molecule has 0 bridgehead atoms. The molecule has 0 radical (unpaired) electrons. The van der Waals surface area contributed by atoms with Gasteiger partial charge in [-0.25, -0.2) is 0 Å². The Morgan fingerprint density at radius 3 is 2.67 bits per heavy atom. The molecule has 0 N–H and O–H groups in total. The van der Waals surface area contributed by atoms with Gasteiger partial charge in [-0.05, 0) is 48.1 Å². The molecular formula is C17H23Br. The average Bonchev–Trinajstić information content (AvgIpc) is 2.81. The Kier molecular flexibility index (Phi) is 5.49. The second kappa shape index (κ2) is 7.13. The summed E-state index contributed by atoms with van der Waals surface area (Å²) < 4.78 is 1.23. The van der Waals surface area contributed by atoms with E-state index in [0.717, 1.165) is 6.42 Å². The number of hydrogen-bond donors (Lipinski definition) is 0. The van der Waals surface area contributed by atoms with Crippen molar-refractivity contribution in [1.82, 2.24) is 0 Å². The van der Waals surface area contributed by atoms with Crippen molar-refractivity contribution < 1.29 is 0 Å². The molecule has 1 aliphatic rings. The summed E-state index contributed by atoms with van der Waals surface area (Å²) in [6.07, 6.45) is 15.2. The van der Waals surface area contributed by atoms with Crippen molar-refractivity contribution in [3.05, 3.63) is 39.4 Å². The number of hydrogen-bond acceptors (Lipinski definition) is 0. The first-order chi connectivity index (χ1) is 8.81. The molecule has 0 aromatic heterocycles. The minimum atomic E-state index is 1.13. The molecule has 0 spiro atoms. The molecule has 0 saturated heterocycles. The molecule has 98 valence electrons. The summed E-state index contributed by atoms with van der Waals surface area (Å²) in [7, 11) is 0. The molecule has 18 heavy (non-hydrogen) atoms. The van der Waals surface area contributed by atoms with Crippen LogP contribution in [0, 0.1) is 0 Å². The van der Waals surface area contributed by atoms with Gasteiger partial charge < -0.3 is 0 Å². The van der Waals surface area contributed by atoms with Gasteiger partial charge in [0.15, 0.2) is 0 Å². The molecule has 1 heteroatoms. The third-order valence-electron chi connectivity index (χ3n) is 3.76. The van der Waals surface area contributed by atoms with Gasteiger partial charge in [-0.1, -0.05) is 67.1 Å². The predicted molar refractivity (Wildman–Crippen MR) is 84.0 cm³/mol. The fraction of sp³-hybridized carbons (Fsp3) is 0.529. The highest BCUT2D eigenvalue weighted by Gasteiger charge is 2.11. The van der Waals surface area contributed by atoms with E-state index in [-0.39, 0.29) is 0 Å². The van der Waals surface area contributed by atoms with Crippen LogP contribution in [0.1, 0.15) is 62.1 Å². The first kappa shape index (κ1) is 13.9. The van der Waals surface area contributed by atoms with E-state index in [4.69, 9.17) is 0 Å². The van der Waals surface area contributed by atoms with Crippen molar-refractivity contribution in [2.75, 3.05) is 0 Å². The predicted octanol–water partition coefficient (Wildman–Crippen LogP) is 5.92. The standard InChI is InChI=1S/C17H23Br/c1-2-3-4-5-6-7-9-14-12-16(18)13-15-10-8-11-17(14)15/h8,10,12-13H,2-7,9,11H2,1H3. The molecule has 0 aliphatic heterocycles. The van der Waals surface area contributed by atoms with E-state index in [2.05, 4.69) is 47.1 Å². The van der Waals surface area contributed by atoms with Crippen molar-refractivity contribution in [1.29, 1.82) is 0 Å². The van der Waals surface area contributed by atoms with E-state index in [1.807, 2.05) is 0 Å². The summed E-state index contributed by atoms with van der Waals surface area (Å²) in [6, 6.07) is 4.56. The summed E-state index contributed by atoms with van der Waals surface area (Å²) in [5.74, 6) is 0. The number of unbranched alkanes of at least 4 members (excludes halogenated alkanes) is 5. The minimum absolute atomic E-state index is 1.13. The second-order valence-corrected chi connectivity index (χ2v) is 6.17. The van der Waals surface area contributed by atoms with Crippen LogP contribution in [0.15, 0.2) is 22.7 Å². The van der Waals surface area contributed by atoms with Crippen molar-refractivity contribution in [2.24, 2.45) is 0 Å². The lowest BCUT2D eigenvalue weighted by molar-refractivity contribution is 0.607. The van der Waals surface area contributed by atoms with E-state index in [1.54, 1.807) is 11.1 Å². The van der Waals surface area contributed by atoms with Gasteiger partial charge in [0.05, 0.1) is 0 Å². The van der Waals surface area contributed by atoms with Crippen LogP contribution in [0.4, 0.5) is 0 Å². The number of rotatable bonds is 7. The monoisotopic (exact) mass is 306 g/mol. The number of allylic oxidation sites excluding steroid dienone is 1. The zero-order valence-electron chi connectivity index (χ0n) is 11.3. The van der Waals surface area contributed by atoms with Crippen LogP contribution in [0.25, 0.3) is 6.08 Å². The Morgan fingerprint density at radius 1 is 1.06 bits per heavy atom. The van der Waals surface area contributed by atoms with Crippen LogP contribution in [0.3, 0.4) is 0 Å². The highest BCUT2D eigenvalue weighted by Crippen LogP contribution is 2.28. The maximum absolute atomic E-state index is 3.63. The topological polar surface area (TPSA) is 0 Å². The van der Waals surface area contributed by atoms with Gasteiger partial charge in [-0.15, -0.1) is 0 Å². The van der Waals surface area contributed by atoms with Crippen molar-refractivity contribution in [3.8, 4) is 0 Å². The number of halogens is 1. The van der Waals surface area contributed by atoms with E-state index in [9.17, 15) is 0 Å². The van der Waals surface area contributed by atoms with Crippen molar-refractivity contribution >= 4 is 22.0 Å². The van der Waals surface area contributed by atoms with Crippen LogP contribution < -0.4 is 0 Å². The van der Waals surface area contributed by atoms with Crippen LogP contribution >= 0.6 is 15.9 Å². The normalized spacial score (nSPS) is 13.0. The number of aryl methyl sites for hydroxylation is 1. The van der Waals surface area contributed by atoms with Gasteiger partial charge in [0.1, 0.15) is 0 Å². The smallest absolute Gasteiger partial charge is 0.0184 e. The van der Waals surface area contributed by atoms with Crippen LogP contribution in [0.5, 0.6) is 0 Å². The zero-order chi connectivity index (χ0) is 12.8. The molecular weight excluding hydrogens is 284 g/mol. The van der Waals surface area contributed by atoms with Gasteiger partial charge in [0, 0.05) is 4.47 Å². The van der Waals surface area contributed by atoms with E-state index in [0.29, 0.717) is 0 Å². The summed E-state index contributed by atoms with van der Waals surface area (Å²) in [5.41, 5.74) is 4.54. The largest absolute Gasteiger partial charge is 0.0795 e. The molecule has 1 aromatic rings. The summed E-state index contributed by atoms with van der Waals surface area (Å²) in [5, 5.41) is 0.